The maximum atomic E-state index is 14.0. The number of hydrogen-bond acceptors (Lipinski definition) is 5. The lowest BCUT2D eigenvalue weighted by atomic mass is 10.0. The number of anilines is 1. The Kier molecular flexibility index (Phi) is 7.16. The van der Waals surface area contributed by atoms with Crippen molar-refractivity contribution < 1.29 is 4.79 Å². The first-order valence-corrected chi connectivity index (χ1v) is 13.5. The maximum absolute atomic E-state index is 14.0. The first-order chi connectivity index (χ1) is 17.4. The fraction of sp³-hybridized carbons (Fsp3) is 0.0741. The molecule has 0 saturated heterocycles. The zero-order chi connectivity index (χ0) is 25.2. The van der Waals surface area contributed by atoms with E-state index in [4.69, 9.17) is 28.2 Å². The molecule has 3 aromatic carbocycles. The van der Waals surface area contributed by atoms with Gasteiger partial charge in [0.1, 0.15) is 4.83 Å². The summed E-state index contributed by atoms with van der Waals surface area (Å²) in [6.45, 7) is 1.99. The molecule has 0 aliphatic carbocycles. The summed E-state index contributed by atoms with van der Waals surface area (Å²) in [6, 6.07) is 24.2. The summed E-state index contributed by atoms with van der Waals surface area (Å²) in [5.74, 6) is -0.293. The fourth-order valence-corrected chi connectivity index (χ4v) is 6.31. The number of carbonyl (C=O) groups is 1. The van der Waals surface area contributed by atoms with Gasteiger partial charge in [-0.15, -0.1) is 11.3 Å². The molecular weight excluding hydrogens is 533 g/mol. The third-order valence-electron chi connectivity index (χ3n) is 5.51. The van der Waals surface area contributed by atoms with Crippen molar-refractivity contribution >= 4 is 68.1 Å². The molecule has 180 valence electrons. The molecule has 5 aromatic rings. The average Bonchev–Trinajstić information content (AvgIpc) is 3.22. The number of carbonyl (C=O) groups excluding carboxylic acids is 1. The molecule has 5 rings (SSSR count). The van der Waals surface area contributed by atoms with E-state index in [1.165, 1.54) is 23.1 Å². The molecule has 2 heterocycles. The van der Waals surface area contributed by atoms with Gasteiger partial charge in [0.05, 0.1) is 32.6 Å². The van der Waals surface area contributed by atoms with Gasteiger partial charge in [0.25, 0.3) is 5.56 Å². The SMILES string of the molecule is Cc1sc2nc(SCC(=O)Nc3c(Cl)cccc3Cl)n(-c3ccccc3)c(=O)c2c1-c1ccccc1. The molecule has 0 aliphatic rings. The van der Waals surface area contributed by atoms with Gasteiger partial charge in [-0.05, 0) is 36.8 Å². The Morgan fingerprint density at radius 3 is 2.28 bits per heavy atom. The second kappa shape index (κ2) is 10.5. The maximum Gasteiger partial charge on any atom is 0.268 e. The highest BCUT2D eigenvalue weighted by atomic mass is 35.5. The van der Waals surface area contributed by atoms with E-state index in [-0.39, 0.29) is 17.2 Å². The number of thiophene rings is 1. The second-order valence-electron chi connectivity index (χ2n) is 7.88. The number of aryl methyl sites for hydroxylation is 1. The quantitative estimate of drug-likeness (QED) is 0.175. The van der Waals surface area contributed by atoms with Crippen LogP contribution in [0.2, 0.25) is 10.0 Å². The van der Waals surface area contributed by atoms with Crippen LogP contribution in [0.15, 0.2) is 88.8 Å². The average molecular weight is 553 g/mol. The highest BCUT2D eigenvalue weighted by molar-refractivity contribution is 7.99. The van der Waals surface area contributed by atoms with Crippen LogP contribution in [-0.4, -0.2) is 21.2 Å². The molecule has 0 spiro atoms. The van der Waals surface area contributed by atoms with Crippen LogP contribution in [0.5, 0.6) is 0 Å². The van der Waals surface area contributed by atoms with E-state index in [1.54, 1.807) is 22.8 Å². The van der Waals surface area contributed by atoms with Crippen LogP contribution in [0.25, 0.3) is 27.0 Å². The van der Waals surface area contributed by atoms with Gasteiger partial charge in [-0.1, -0.05) is 89.6 Å². The summed E-state index contributed by atoms with van der Waals surface area (Å²) < 4.78 is 1.57. The minimum absolute atomic E-state index is 0.0161. The molecule has 36 heavy (non-hydrogen) atoms. The Balaban J connectivity index is 1.57. The lowest BCUT2D eigenvalue weighted by Crippen LogP contribution is -2.22. The zero-order valence-corrected chi connectivity index (χ0v) is 22.1. The smallest absolute Gasteiger partial charge is 0.268 e. The van der Waals surface area contributed by atoms with Crippen LogP contribution in [-0.2, 0) is 4.79 Å². The van der Waals surface area contributed by atoms with Gasteiger partial charge in [0.15, 0.2) is 5.16 Å². The fourth-order valence-electron chi connectivity index (χ4n) is 3.92. The largest absolute Gasteiger partial charge is 0.323 e. The number of halogens is 2. The molecule has 2 aromatic heterocycles. The van der Waals surface area contributed by atoms with Gasteiger partial charge in [-0.25, -0.2) is 4.98 Å². The monoisotopic (exact) mass is 551 g/mol. The number of hydrogen-bond donors (Lipinski definition) is 1. The topological polar surface area (TPSA) is 64.0 Å². The van der Waals surface area contributed by atoms with Crippen LogP contribution < -0.4 is 10.9 Å². The lowest BCUT2D eigenvalue weighted by molar-refractivity contribution is -0.113. The Bertz CT molecular complexity index is 1610. The van der Waals surface area contributed by atoms with Crippen molar-refractivity contribution in [1.82, 2.24) is 9.55 Å². The van der Waals surface area contributed by atoms with Crippen molar-refractivity contribution in [2.45, 2.75) is 12.1 Å². The molecule has 0 fully saturated rings. The van der Waals surface area contributed by atoms with Gasteiger partial charge in [0, 0.05) is 10.4 Å². The van der Waals surface area contributed by atoms with Gasteiger partial charge in [-0.2, -0.15) is 0 Å². The number of thioether (sulfide) groups is 1. The van der Waals surface area contributed by atoms with E-state index in [0.717, 1.165) is 16.0 Å². The van der Waals surface area contributed by atoms with E-state index >= 15 is 0 Å². The summed E-state index contributed by atoms with van der Waals surface area (Å²) in [4.78, 5) is 33.2. The first kappa shape index (κ1) is 24.6. The summed E-state index contributed by atoms with van der Waals surface area (Å²) in [7, 11) is 0. The van der Waals surface area contributed by atoms with Crippen LogP contribution in [0, 0.1) is 6.92 Å². The van der Waals surface area contributed by atoms with Crippen molar-refractivity contribution in [3.8, 4) is 16.8 Å². The van der Waals surface area contributed by atoms with Gasteiger partial charge < -0.3 is 5.32 Å². The molecule has 0 saturated carbocycles. The van der Waals surface area contributed by atoms with Crippen LogP contribution in [0.1, 0.15) is 4.88 Å². The van der Waals surface area contributed by atoms with Gasteiger partial charge in [-0.3, -0.25) is 14.2 Å². The molecule has 5 nitrogen and oxygen atoms in total. The summed E-state index contributed by atoms with van der Waals surface area (Å²) >= 11 is 15.0. The predicted molar refractivity (Wildman–Crippen MR) is 151 cm³/mol. The molecule has 0 atom stereocenters. The minimum Gasteiger partial charge on any atom is -0.323 e. The minimum atomic E-state index is -0.309. The van der Waals surface area contributed by atoms with Crippen LogP contribution in [0.3, 0.4) is 0 Å². The van der Waals surface area contributed by atoms with Crippen LogP contribution >= 0.6 is 46.3 Å². The second-order valence-corrected chi connectivity index (χ2v) is 10.8. The predicted octanol–water partition coefficient (Wildman–Crippen LogP) is 7.46. The molecule has 0 aliphatic heterocycles. The van der Waals surface area contributed by atoms with Crippen LogP contribution in [0.4, 0.5) is 5.69 Å². The number of amides is 1. The highest BCUT2D eigenvalue weighted by Gasteiger charge is 2.21. The standard InChI is InChI=1S/C27H19Cl2N3O2S2/c1-16-22(17-9-4-2-5-10-17)23-25(36-16)31-27(32(26(23)34)18-11-6-3-7-12-18)35-15-21(33)30-24-19(28)13-8-14-20(24)29/h2-14H,15H2,1H3,(H,30,33). The molecule has 0 bridgehead atoms. The van der Waals surface area contributed by atoms with Gasteiger partial charge in [0.2, 0.25) is 5.91 Å². The number of fused-ring (bicyclic) bond motifs is 1. The Hall–Kier alpha value is -3.10. The summed E-state index contributed by atoms with van der Waals surface area (Å²) in [6.07, 6.45) is 0. The molecule has 9 heteroatoms. The van der Waals surface area contributed by atoms with Gasteiger partial charge >= 0.3 is 0 Å². The number of rotatable bonds is 6. The third kappa shape index (κ3) is 4.80. The molecule has 0 radical (unpaired) electrons. The molecular formula is C27H19Cl2N3O2S2. The van der Waals surface area contributed by atoms with Crippen molar-refractivity contribution in [1.29, 1.82) is 0 Å². The first-order valence-electron chi connectivity index (χ1n) is 11.0. The van der Waals surface area contributed by atoms with E-state index in [0.29, 0.717) is 36.8 Å². The molecule has 1 amide bonds. The van der Waals surface area contributed by atoms with E-state index in [1.807, 2.05) is 67.6 Å². The molecule has 0 unspecified atom stereocenters. The third-order valence-corrected chi connectivity index (χ3v) is 8.08. The van der Waals surface area contributed by atoms with Crippen molar-refractivity contribution in [3.63, 3.8) is 0 Å². The van der Waals surface area contributed by atoms with E-state index in [9.17, 15) is 9.59 Å². The number of para-hydroxylation sites is 2. The Morgan fingerprint density at radius 1 is 0.972 bits per heavy atom. The Labute approximate surface area is 225 Å². The number of nitrogens with zero attached hydrogens (tertiary/aromatic N) is 2. The lowest BCUT2D eigenvalue weighted by Gasteiger charge is -2.13. The number of benzene rings is 3. The normalized spacial score (nSPS) is 11.1. The summed E-state index contributed by atoms with van der Waals surface area (Å²) in [5, 5.41) is 4.46. The van der Waals surface area contributed by atoms with E-state index < -0.39 is 0 Å². The van der Waals surface area contributed by atoms with Crippen molar-refractivity contribution in [2.75, 3.05) is 11.1 Å². The molecule has 1 N–H and O–H groups in total. The Morgan fingerprint density at radius 2 is 1.61 bits per heavy atom. The van der Waals surface area contributed by atoms with E-state index in [2.05, 4.69) is 5.32 Å². The summed E-state index contributed by atoms with van der Waals surface area (Å²) in [5.41, 5.74) is 2.72. The van der Waals surface area contributed by atoms with Crippen molar-refractivity contribution in [2.24, 2.45) is 0 Å². The number of aromatic nitrogens is 2. The zero-order valence-electron chi connectivity index (χ0n) is 19.0. The number of nitrogens with one attached hydrogen (secondary N) is 1. The highest BCUT2D eigenvalue weighted by Crippen LogP contribution is 2.37. The van der Waals surface area contributed by atoms with Crippen molar-refractivity contribution in [3.05, 3.63) is 104 Å².